The molecule has 3 aromatic rings. The van der Waals surface area contributed by atoms with Gasteiger partial charge in [-0.1, -0.05) is 29.8 Å². The minimum Gasteiger partial charge on any atom is -0.366 e. The van der Waals surface area contributed by atoms with Gasteiger partial charge >= 0.3 is 0 Å². The Kier molecular flexibility index (Phi) is 5.66. The van der Waals surface area contributed by atoms with Crippen molar-refractivity contribution in [3.63, 3.8) is 0 Å². The van der Waals surface area contributed by atoms with Gasteiger partial charge in [0.05, 0.1) is 0 Å². The van der Waals surface area contributed by atoms with Crippen molar-refractivity contribution in [1.82, 2.24) is 9.97 Å². The van der Waals surface area contributed by atoms with Crippen LogP contribution in [0.1, 0.15) is 12.5 Å². The van der Waals surface area contributed by atoms with E-state index in [1.807, 2.05) is 54.6 Å². The first-order valence-electron chi connectivity index (χ1n) is 8.04. The molecule has 0 radical (unpaired) electrons. The van der Waals surface area contributed by atoms with Crippen LogP contribution in [0.4, 0.5) is 23.0 Å². The Morgan fingerprint density at radius 1 is 1.00 bits per heavy atom. The second-order valence-electron chi connectivity index (χ2n) is 5.62. The van der Waals surface area contributed by atoms with E-state index in [2.05, 4.69) is 25.9 Å². The maximum atomic E-state index is 11.1. The molecule has 1 heterocycles. The lowest BCUT2D eigenvalue weighted by Gasteiger charge is -2.10. The molecule has 0 fully saturated rings. The summed E-state index contributed by atoms with van der Waals surface area (Å²) in [4.78, 5) is 19.5. The predicted octanol–water partition coefficient (Wildman–Crippen LogP) is 4.44. The number of nitrogens with one attached hydrogen (secondary N) is 3. The van der Waals surface area contributed by atoms with Crippen molar-refractivity contribution >= 4 is 40.5 Å². The molecule has 0 spiro atoms. The molecule has 0 aliphatic rings. The molecule has 1 aromatic heterocycles. The molecular weight excluding hydrogens is 350 g/mol. The zero-order chi connectivity index (χ0) is 18.4. The number of hydrogen-bond donors (Lipinski definition) is 3. The summed E-state index contributed by atoms with van der Waals surface area (Å²) < 4.78 is 0. The van der Waals surface area contributed by atoms with Crippen LogP contribution >= 0.6 is 11.6 Å². The molecule has 0 aliphatic heterocycles. The Hall–Kier alpha value is -3.12. The molecule has 3 rings (SSSR count). The van der Waals surface area contributed by atoms with E-state index in [-0.39, 0.29) is 5.91 Å². The predicted molar refractivity (Wildman–Crippen MR) is 105 cm³/mol. The number of nitrogens with zero attached hydrogens (tertiary/aromatic N) is 2. The Balaban J connectivity index is 1.63. The van der Waals surface area contributed by atoms with Crippen LogP contribution in [0.5, 0.6) is 0 Å². The Bertz CT molecular complexity index is 898. The van der Waals surface area contributed by atoms with Crippen molar-refractivity contribution in [2.75, 3.05) is 16.0 Å². The highest BCUT2D eigenvalue weighted by atomic mass is 35.5. The zero-order valence-electron chi connectivity index (χ0n) is 14.2. The molecule has 0 bridgehead atoms. The number of rotatable bonds is 6. The van der Waals surface area contributed by atoms with Crippen molar-refractivity contribution < 1.29 is 4.79 Å². The molecule has 6 nitrogen and oxygen atoms in total. The van der Waals surface area contributed by atoms with Crippen LogP contribution in [0, 0.1) is 0 Å². The highest BCUT2D eigenvalue weighted by molar-refractivity contribution is 6.31. The van der Waals surface area contributed by atoms with Gasteiger partial charge in [-0.15, -0.1) is 0 Å². The highest BCUT2D eigenvalue weighted by Crippen LogP contribution is 2.20. The lowest BCUT2D eigenvalue weighted by Crippen LogP contribution is -2.05. The summed E-state index contributed by atoms with van der Waals surface area (Å²) in [6.45, 7) is 2.05. The van der Waals surface area contributed by atoms with Crippen molar-refractivity contribution in [1.29, 1.82) is 0 Å². The quantitative estimate of drug-likeness (QED) is 0.600. The highest BCUT2D eigenvalue weighted by Gasteiger charge is 2.03. The number of hydrogen-bond acceptors (Lipinski definition) is 5. The number of aromatic nitrogens is 2. The van der Waals surface area contributed by atoms with Crippen LogP contribution in [0.15, 0.2) is 60.9 Å². The molecule has 0 atom stereocenters. The Labute approximate surface area is 156 Å². The SMILES string of the molecule is CC(=O)Nc1ccc(Nc2cc(NCc3ccccc3Cl)ncn2)cc1. The van der Waals surface area contributed by atoms with E-state index in [1.54, 1.807) is 0 Å². The van der Waals surface area contributed by atoms with Gasteiger partial charge in [0, 0.05) is 35.9 Å². The molecule has 2 aromatic carbocycles. The summed E-state index contributed by atoms with van der Waals surface area (Å²) in [6, 6.07) is 16.9. The van der Waals surface area contributed by atoms with Gasteiger partial charge in [0.1, 0.15) is 18.0 Å². The summed E-state index contributed by atoms with van der Waals surface area (Å²) in [7, 11) is 0. The summed E-state index contributed by atoms with van der Waals surface area (Å²) in [5.74, 6) is 1.25. The van der Waals surface area contributed by atoms with Gasteiger partial charge in [0.25, 0.3) is 0 Å². The lowest BCUT2D eigenvalue weighted by molar-refractivity contribution is -0.114. The van der Waals surface area contributed by atoms with E-state index < -0.39 is 0 Å². The van der Waals surface area contributed by atoms with E-state index in [4.69, 9.17) is 11.6 Å². The monoisotopic (exact) mass is 367 g/mol. The summed E-state index contributed by atoms with van der Waals surface area (Å²) in [5.41, 5.74) is 2.60. The molecule has 7 heteroatoms. The first kappa shape index (κ1) is 17.7. The lowest BCUT2D eigenvalue weighted by atomic mass is 10.2. The normalized spacial score (nSPS) is 10.2. The average Bonchev–Trinajstić information content (AvgIpc) is 2.63. The second-order valence-corrected chi connectivity index (χ2v) is 6.02. The summed E-state index contributed by atoms with van der Waals surface area (Å²) in [5, 5.41) is 9.88. The third kappa shape index (κ3) is 4.94. The molecule has 0 saturated carbocycles. The molecule has 26 heavy (non-hydrogen) atoms. The van der Waals surface area contributed by atoms with Gasteiger partial charge in [-0.2, -0.15) is 0 Å². The molecule has 3 N–H and O–H groups in total. The number of amides is 1. The number of carbonyl (C=O) groups excluding carboxylic acids is 1. The standard InChI is InChI=1S/C19H18ClN5O/c1-13(26)24-15-6-8-16(9-7-15)25-19-10-18(22-12-23-19)21-11-14-4-2-3-5-17(14)20/h2-10,12H,11H2,1H3,(H,24,26)(H2,21,22,23,25). The van der Waals surface area contributed by atoms with Gasteiger partial charge in [-0.25, -0.2) is 9.97 Å². The van der Waals surface area contributed by atoms with E-state index in [0.717, 1.165) is 16.9 Å². The Morgan fingerprint density at radius 2 is 1.69 bits per heavy atom. The van der Waals surface area contributed by atoms with Crippen LogP contribution in [-0.2, 0) is 11.3 Å². The third-order valence-electron chi connectivity index (χ3n) is 3.56. The van der Waals surface area contributed by atoms with Gasteiger partial charge in [-0.3, -0.25) is 4.79 Å². The minimum atomic E-state index is -0.101. The summed E-state index contributed by atoms with van der Waals surface area (Å²) >= 11 is 6.16. The van der Waals surface area contributed by atoms with E-state index >= 15 is 0 Å². The van der Waals surface area contributed by atoms with Gasteiger partial charge in [0.2, 0.25) is 5.91 Å². The fourth-order valence-corrected chi connectivity index (χ4v) is 2.54. The van der Waals surface area contributed by atoms with Crippen molar-refractivity contribution in [2.24, 2.45) is 0 Å². The average molecular weight is 368 g/mol. The maximum absolute atomic E-state index is 11.1. The van der Waals surface area contributed by atoms with Crippen molar-refractivity contribution in [3.05, 3.63) is 71.5 Å². The minimum absolute atomic E-state index is 0.101. The van der Waals surface area contributed by atoms with Crippen LogP contribution < -0.4 is 16.0 Å². The number of carbonyl (C=O) groups is 1. The molecule has 0 unspecified atom stereocenters. The fourth-order valence-electron chi connectivity index (χ4n) is 2.34. The largest absolute Gasteiger partial charge is 0.366 e. The molecule has 0 saturated heterocycles. The first-order valence-corrected chi connectivity index (χ1v) is 8.42. The number of benzene rings is 2. The topological polar surface area (TPSA) is 78.9 Å². The van der Waals surface area contributed by atoms with E-state index in [0.29, 0.717) is 23.2 Å². The van der Waals surface area contributed by atoms with Crippen molar-refractivity contribution in [3.8, 4) is 0 Å². The second kappa shape index (κ2) is 8.31. The number of halogens is 1. The first-order chi connectivity index (χ1) is 12.6. The molecule has 0 aliphatic carbocycles. The zero-order valence-corrected chi connectivity index (χ0v) is 14.9. The smallest absolute Gasteiger partial charge is 0.221 e. The molecule has 132 valence electrons. The van der Waals surface area contributed by atoms with Crippen LogP contribution in [0.2, 0.25) is 5.02 Å². The van der Waals surface area contributed by atoms with Crippen molar-refractivity contribution in [2.45, 2.75) is 13.5 Å². The maximum Gasteiger partial charge on any atom is 0.221 e. The van der Waals surface area contributed by atoms with Crippen LogP contribution in [0.3, 0.4) is 0 Å². The van der Waals surface area contributed by atoms with E-state index in [1.165, 1.54) is 13.3 Å². The fraction of sp³-hybridized carbons (Fsp3) is 0.105. The van der Waals surface area contributed by atoms with E-state index in [9.17, 15) is 4.79 Å². The summed E-state index contributed by atoms with van der Waals surface area (Å²) in [6.07, 6.45) is 1.49. The van der Waals surface area contributed by atoms with Gasteiger partial charge in [-0.05, 0) is 35.9 Å². The van der Waals surface area contributed by atoms with Crippen LogP contribution in [-0.4, -0.2) is 15.9 Å². The Morgan fingerprint density at radius 3 is 2.42 bits per heavy atom. The molecule has 1 amide bonds. The van der Waals surface area contributed by atoms with Crippen LogP contribution in [0.25, 0.3) is 0 Å². The van der Waals surface area contributed by atoms with Gasteiger partial charge < -0.3 is 16.0 Å². The number of anilines is 4. The van der Waals surface area contributed by atoms with Gasteiger partial charge in [0.15, 0.2) is 0 Å². The third-order valence-corrected chi connectivity index (χ3v) is 3.93. The molecular formula is C19H18ClN5O.